The molecule has 0 aliphatic carbocycles. The third-order valence-corrected chi connectivity index (χ3v) is 3.94. The van der Waals surface area contributed by atoms with Crippen molar-refractivity contribution in [2.24, 2.45) is 0 Å². The van der Waals surface area contributed by atoms with E-state index in [0.717, 1.165) is 6.07 Å². The van der Waals surface area contributed by atoms with E-state index in [9.17, 15) is 14.9 Å². The Labute approximate surface area is 163 Å². The summed E-state index contributed by atoms with van der Waals surface area (Å²) in [5.74, 6) is 0.325. The standard InChI is InChI=1S/C18H12Cl2N2O5/c19-11-2-1-3-13(8-11)26-10-14-5-7-17(27-14)18(23)21-15-6-4-12(20)9-16(15)22(24)25/h1-9H,10H2,(H,21,23). The Hall–Kier alpha value is -3.03. The molecule has 0 fully saturated rings. The van der Waals surface area contributed by atoms with E-state index in [2.05, 4.69) is 5.32 Å². The predicted molar refractivity (Wildman–Crippen MR) is 101 cm³/mol. The molecular formula is C18H12Cl2N2O5. The predicted octanol–water partition coefficient (Wildman–Crippen LogP) is 5.33. The molecule has 7 nitrogen and oxygen atoms in total. The van der Waals surface area contributed by atoms with Crippen LogP contribution in [-0.2, 0) is 6.61 Å². The van der Waals surface area contributed by atoms with Gasteiger partial charge in [0.05, 0.1) is 4.92 Å². The van der Waals surface area contributed by atoms with Crippen molar-refractivity contribution in [3.8, 4) is 5.75 Å². The molecule has 3 rings (SSSR count). The van der Waals surface area contributed by atoms with E-state index < -0.39 is 10.8 Å². The molecule has 0 spiro atoms. The van der Waals surface area contributed by atoms with E-state index in [4.69, 9.17) is 32.4 Å². The molecule has 138 valence electrons. The number of rotatable bonds is 6. The largest absolute Gasteiger partial charge is 0.486 e. The van der Waals surface area contributed by atoms with Crippen molar-refractivity contribution in [2.45, 2.75) is 6.61 Å². The minimum atomic E-state index is -0.631. The molecule has 1 N–H and O–H groups in total. The van der Waals surface area contributed by atoms with Gasteiger partial charge in [0.15, 0.2) is 5.76 Å². The van der Waals surface area contributed by atoms with Gasteiger partial charge in [-0.2, -0.15) is 0 Å². The number of nitrogens with one attached hydrogen (secondary N) is 1. The number of hydrogen-bond donors (Lipinski definition) is 1. The lowest BCUT2D eigenvalue weighted by atomic mass is 10.2. The van der Waals surface area contributed by atoms with Crippen LogP contribution in [0, 0.1) is 10.1 Å². The van der Waals surface area contributed by atoms with Gasteiger partial charge in [-0.3, -0.25) is 14.9 Å². The van der Waals surface area contributed by atoms with Crippen LogP contribution in [0.1, 0.15) is 16.3 Å². The number of ether oxygens (including phenoxy) is 1. The summed E-state index contributed by atoms with van der Waals surface area (Å²) in [6.45, 7) is 0.0920. The highest BCUT2D eigenvalue weighted by atomic mass is 35.5. The second-order valence-corrected chi connectivity index (χ2v) is 6.26. The summed E-state index contributed by atoms with van der Waals surface area (Å²) >= 11 is 11.6. The number of amides is 1. The molecule has 0 aliphatic heterocycles. The molecular weight excluding hydrogens is 395 g/mol. The fourth-order valence-electron chi connectivity index (χ4n) is 2.23. The number of nitro groups is 1. The fourth-order valence-corrected chi connectivity index (χ4v) is 2.58. The molecule has 3 aromatic rings. The van der Waals surface area contributed by atoms with E-state index in [-0.39, 0.29) is 28.8 Å². The first-order valence-corrected chi connectivity index (χ1v) is 8.40. The minimum absolute atomic E-state index is 0.0102. The maximum absolute atomic E-state index is 12.3. The molecule has 0 bridgehead atoms. The summed E-state index contributed by atoms with van der Waals surface area (Å²) in [7, 11) is 0. The number of furan rings is 1. The van der Waals surface area contributed by atoms with Gasteiger partial charge in [-0.15, -0.1) is 0 Å². The van der Waals surface area contributed by atoms with Crippen LogP contribution < -0.4 is 10.1 Å². The molecule has 0 radical (unpaired) electrons. The molecule has 9 heteroatoms. The Balaban J connectivity index is 1.68. The molecule has 1 aromatic heterocycles. The number of carbonyl (C=O) groups is 1. The quantitative estimate of drug-likeness (QED) is 0.441. The van der Waals surface area contributed by atoms with E-state index in [0.29, 0.717) is 16.5 Å². The lowest BCUT2D eigenvalue weighted by molar-refractivity contribution is -0.383. The molecule has 1 heterocycles. The summed E-state index contributed by atoms with van der Waals surface area (Å²) in [5.41, 5.74) is -0.297. The maximum atomic E-state index is 12.3. The van der Waals surface area contributed by atoms with Crippen LogP contribution in [-0.4, -0.2) is 10.8 Å². The molecule has 1 amide bonds. The van der Waals surface area contributed by atoms with Crippen molar-refractivity contribution in [3.05, 3.63) is 86.3 Å². The van der Waals surface area contributed by atoms with E-state index in [1.807, 2.05) is 0 Å². The number of benzene rings is 2. The summed E-state index contributed by atoms with van der Waals surface area (Å²) in [4.78, 5) is 22.7. The van der Waals surface area contributed by atoms with Gasteiger partial charge in [0.1, 0.15) is 23.8 Å². The third kappa shape index (κ3) is 4.78. The Morgan fingerprint density at radius 2 is 1.89 bits per heavy atom. The SMILES string of the molecule is O=C(Nc1ccc(Cl)cc1[N+](=O)[O-])c1ccc(COc2cccc(Cl)c2)o1. The summed E-state index contributed by atoms with van der Waals surface area (Å²) in [5, 5.41) is 14.3. The number of nitrogens with zero attached hydrogens (tertiary/aromatic N) is 1. The normalized spacial score (nSPS) is 10.4. The average molecular weight is 407 g/mol. The maximum Gasteiger partial charge on any atom is 0.294 e. The molecule has 0 aliphatic rings. The topological polar surface area (TPSA) is 94.6 Å². The van der Waals surface area contributed by atoms with Crippen molar-refractivity contribution < 1.29 is 18.9 Å². The molecule has 0 atom stereocenters. The van der Waals surface area contributed by atoms with Gasteiger partial charge < -0.3 is 14.5 Å². The highest BCUT2D eigenvalue weighted by Gasteiger charge is 2.19. The summed E-state index contributed by atoms with van der Waals surface area (Å²) in [6, 6.07) is 13.8. The monoisotopic (exact) mass is 406 g/mol. The Morgan fingerprint density at radius 1 is 1.11 bits per heavy atom. The number of hydrogen-bond acceptors (Lipinski definition) is 5. The van der Waals surface area contributed by atoms with Crippen LogP contribution in [0.3, 0.4) is 0 Å². The van der Waals surface area contributed by atoms with Gasteiger partial charge in [-0.25, -0.2) is 0 Å². The lowest BCUT2D eigenvalue weighted by Gasteiger charge is -2.05. The van der Waals surface area contributed by atoms with Crippen LogP contribution in [0.4, 0.5) is 11.4 Å². The molecule has 2 aromatic carbocycles. The highest BCUT2D eigenvalue weighted by Crippen LogP contribution is 2.28. The first-order valence-electron chi connectivity index (χ1n) is 7.65. The lowest BCUT2D eigenvalue weighted by Crippen LogP contribution is -2.12. The summed E-state index contributed by atoms with van der Waals surface area (Å²) < 4.78 is 11.0. The Bertz CT molecular complexity index is 1000. The number of carbonyl (C=O) groups excluding carboxylic acids is 1. The van der Waals surface area contributed by atoms with Crippen LogP contribution in [0.15, 0.2) is 59.0 Å². The van der Waals surface area contributed by atoms with Crippen LogP contribution >= 0.6 is 23.2 Å². The van der Waals surface area contributed by atoms with Gasteiger partial charge in [-0.05, 0) is 42.5 Å². The first kappa shape index (κ1) is 18.8. The molecule has 0 saturated heterocycles. The van der Waals surface area contributed by atoms with Gasteiger partial charge in [0.2, 0.25) is 0 Å². The Morgan fingerprint density at radius 3 is 2.63 bits per heavy atom. The summed E-state index contributed by atoms with van der Waals surface area (Å²) in [6.07, 6.45) is 0. The highest BCUT2D eigenvalue weighted by molar-refractivity contribution is 6.31. The van der Waals surface area contributed by atoms with E-state index >= 15 is 0 Å². The first-order chi connectivity index (χ1) is 12.9. The average Bonchev–Trinajstić information content (AvgIpc) is 3.10. The zero-order chi connectivity index (χ0) is 19.4. The van der Waals surface area contributed by atoms with Crippen LogP contribution in [0.25, 0.3) is 0 Å². The zero-order valence-corrected chi connectivity index (χ0v) is 15.2. The van der Waals surface area contributed by atoms with Gasteiger partial charge >= 0.3 is 0 Å². The van der Waals surface area contributed by atoms with Crippen molar-refractivity contribution >= 4 is 40.5 Å². The van der Waals surface area contributed by atoms with E-state index in [1.54, 1.807) is 30.3 Å². The molecule has 27 heavy (non-hydrogen) atoms. The van der Waals surface area contributed by atoms with Crippen molar-refractivity contribution in [3.63, 3.8) is 0 Å². The Kier molecular flexibility index (Phi) is 5.63. The molecule has 0 unspecified atom stereocenters. The number of halogens is 2. The van der Waals surface area contributed by atoms with E-state index in [1.165, 1.54) is 18.2 Å². The van der Waals surface area contributed by atoms with Gasteiger partial charge in [-0.1, -0.05) is 29.3 Å². The fraction of sp³-hybridized carbons (Fsp3) is 0.0556. The second kappa shape index (κ2) is 8.11. The minimum Gasteiger partial charge on any atom is -0.486 e. The van der Waals surface area contributed by atoms with Gasteiger partial charge in [0.25, 0.3) is 11.6 Å². The van der Waals surface area contributed by atoms with Gasteiger partial charge in [0, 0.05) is 16.1 Å². The van der Waals surface area contributed by atoms with Crippen LogP contribution in [0.2, 0.25) is 10.0 Å². The van der Waals surface area contributed by atoms with Crippen LogP contribution in [0.5, 0.6) is 5.75 Å². The number of nitro benzene ring substituents is 1. The smallest absolute Gasteiger partial charge is 0.294 e. The zero-order valence-electron chi connectivity index (χ0n) is 13.6. The van der Waals surface area contributed by atoms with Crippen molar-refractivity contribution in [1.82, 2.24) is 0 Å². The van der Waals surface area contributed by atoms with Crippen molar-refractivity contribution in [2.75, 3.05) is 5.32 Å². The van der Waals surface area contributed by atoms with Crippen molar-refractivity contribution in [1.29, 1.82) is 0 Å². The second-order valence-electron chi connectivity index (χ2n) is 5.38. The number of anilines is 1. The third-order valence-electron chi connectivity index (χ3n) is 3.47. The molecule has 0 saturated carbocycles.